The summed E-state index contributed by atoms with van der Waals surface area (Å²) in [5.41, 5.74) is 3.23. The van der Waals surface area contributed by atoms with E-state index < -0.39 is 5.97 Å². The molecule has 32 heavy (non-hydrogen) atoms. The van der Waals surface area contributed by atoms with Gasteiger partial charge in [-0.05, 0) is 48.3 Å². The number of carboxylic acids is 1. The first-order valence-corrected chi connectivity index (χ1v) is 11.6. The van der Waals surface area contributed by atoms with E-state index in [4.69, 9.17) is 4.98 Å². The topological polar surface area (TPSA) is 94.6 Å². The molecule has 1 amide bonds. The maximum atomic E-state index is 12.8. The van der Waals surface area contributed by atoms with Gasteiger partial charge in [-0.1, -0.05) is 36.4 Å². The molecule has 0 radical (unpaired) electrons. The third kappa shape index (κ3) is 4.48. The predicted octanol–water partition coefficient (Wildman–Crippen LogP) is 2.63. The summed E-state index contributed by atoms with van der Waals surface area (Å²) in [7, 11) is 0. The number of benzene rings is 1. The average molecular weight is 435 g/mol. The largest absolute Gasteiger partial charge is 0.481 e. The number of amides is 1. The van der Waals surface area contributed by atoms with Gasteiger partial charge in [-0.3, -0.25) is 9.59 Å². The van der Waals surface area contributed by atoms with Gasteiger partial charge in [0.1, 0.15) is 5.82 Å². The predicted molar refractivity (Wildman–Crippen MR) is 121 cm³/mol. The fraction of sp³-hybridized carbons (Fsp3) is 0.480. The van der Waals surface area contributed by atoms with Crippen LogP contribution >= 0.6 is 0 Å². The highest BCUT2D eigenvalue weighted by atomic mass is 16.4. The van der Waals surface area contributed by atoms with Gasteiger partial charge < -0.3 is 20.6 Å². The highest BCUT2D eigenvalue weighted by molar-refractivity contribution is 5.77. The molecule has 0 spiro atoms. The van der Waals surface area contributed by atoms with Crippen LogP contribution in [0.3, 0.4) is 0 Å². The van der Waals surface area contributed by atoms with Gasteiger partial charge in [0, 0.05) is 43.8 Å². The minimum Gasteiger partial charge on any atom is -0.481 e. The molecule has 1 saturated heterocycles. The van der Waals surface area contributed by atoms with Crippen LogP contribution in [0.1, 0.15) is 42.1 Å². The number of piperidine rings is 1. The van der Waals surface area contributed by atoms with E-state index in [0.717, 1.165) is 49.6 Å². The van der Waals surface area contributed by atoms with E-state index in [1.807, 2.05) is 41.3 Å². The number of carbonyl (C=O) groups excluding carboxylic acids is 1. The highest BCUT2D eigenvalue weighted by Gasteiger charge is 2.57. The van der Waals surface area contributed by atoms with E-state index in [0.29, 0.717) is 24.7 Å². The number of hydrogen-bond acceptors (Lipinski definition) is 5. The smallest absolute Gasteiger partial charge is 0.305 e. The van der Waals surface area contributed by atoms with Crippen molar-refractivity contribution in [2.75, 3.05) is 25.0 Å². The summed E-state index contributed by atoms with van der Waals surface area (Å²) in [4.78, 5) is 30.8. The summed E-state index contributed by atoms with van der Waals surface area (Å²) >= 11 is 0. The Balaban J connectivity index is 1.11. The molecular weight excluding hydrogens is 404 g/mol. The maximum absolute atomic E-state index is 12.8. The summed E-state index contributed by atoms with van der Waals surface area (Å²) in [6.45, 7) is 2.48. The minimum atomic E-state index is -0.806. The Morgan fingerprint density at radius 2 is 1.94 bits per heavy atom. The number of aromatic nitrogens is 1. The molecule has 2 fully saturated rings. The molecule has 2 aromatic rings. The lowest BCUT2D eigenvalue weighted by Gasteiger charge is -2.23. The second kappa shape index (κ2) is 8.90. The van der Waals surface area contributed by atoms with Gasteiger partial charge in [-0.15, -0.1) is 0 Å². The molecule has 1 aliphatic carbocycles. The molecular formula is C25H30N4O3. The second-order valence-corrected chi connectivity index (χ2v) is 9.22. The van der Waals surface area contributed by atoms with Crippen molar-refractivity contribution >= 4 is 17.7 Å². The first-order chi connectivity index (χ1) is 15.6. The Morgan fingerprint density at radius 1 is 1.16 bits per heavy atom. The van der Waals surface area contributed by atoms with Crippen molar-refractivity contribution in [3.8, 4) is 0 Å². The van der Waals surface area contributed by atoms with Crippen molar-refractivity contribution in [1.82, 2.24) is 15.2 Å². The normalized spacial score (nSPS) is 24.2. The van der Waals surface area contributed by atoms with Gasteiger partial charge in [-0.2, -0.15) is 0 Å². The third-order valence-corrected chi connectivity index (χ3v) is 7.07. The molecule has 4 atom stereocenters. The number of carboxylic acid groups (broad SMARTS) is 1. The van der Waals surface area contributed by atoms with Crippen LogP contribution in [-0.2, 0) is 22.4 Å². The molecule has 2 aliphatic heterocycles. The Hall–Kier alpha value is -2.93. The molecule has 1 saturated carbocycles. The van der Waals surface area contributed by atoms with Crippen LogP contribution in [0.15, 0.2) is 42.5 Å². The zero-order valence-electron chi connectivity index (χ0n) is 18.2. The first-order valence-electron chi connectivity index (χ1n) is 11.6. The fourth-order valence-corrected chi connectivity index (χ4v) is 5.24. The Bertz CT molecular complexity index is 984. The Kier molecular flexibility index (Phi) is 5.83. The van der Waals surface area contributed by atoms with Crippen LogP contribution in [0, 0.1) is 11.8 Å². The van der Waals surface area contributed by atoms with Crippen LogP contribution in [-0.4, -0.2) is 52.5 Å². The summed E-state index contributed by atoms with van der Waals surface area (Å²) in [6, 6.07) is 14.0. The summed E-state index contributed by atoms with van der Waals surface area (Å²) < 4.78 is 0. The lowest BCUT2D eigenvalue weighted by molar-refractivity contribution is -0.137. The second-order valence-electron chi connectivity index (χ2n) is 9.22. The molecule has 0 bridgehead atoms. The minimum absolute atomic E-state index is 0.0607. The number of carbonyl (C=O) groups is 2. The van der Waals surface area contributed by atoms with Crippen molar-refractivity contribution in [2.24, 2.45) is 11.8 Å². The molecule has 1 aromatic carbocycles. The van der Waals surface area contributed by atoms with E-state index in [-0.39, 0.29) is 24.4 Å². The molecule has 3 N–H and O–H groups in total. The molecule has 3 heterocycles. The van der Waals surface area contributed by atoms with Crippen molar-refractivity contribution in [2.45, 2.75) is 44.2 Å². The lowest BCUT2D eigenvalue weighted by Crippen LogP contribution is -2.37. The third-order valence-electron chi connectivity index (χ3n) is 7.07. The first kappa shape index (κ1) is 20.9. The number of aryl methyl sites for hydroxylation is 2. The molecule has 1 unspecified atom stereocenters. The van der Waals surface area contributed by atoms with Gasteiger partial charge in [0.05, 0.1) is 6.42 Å². The van der Waals surface area contributed by atoms with Crippen molar-refractivity contribution in [3.05, 3.63) is 59.3 Å². The van der Waals surface area contributed by atoms with E-state index in [1.54, 1.807) is 0 Å². The number of pyridine rings is 1. The van der Waals surface area contributed by atoms with E-state index in [2.05, 4.69) is 16.7 Å². The summed E-state index contributed by atoms with van der Waals surface area (Å²) in [6.07, 6.45) is 3.41. The number of fused-ring (bicyclic) bond motifs is 2. The van der Waals surface area contributed by atoms with Gasteiger partial charge in [0.2, 0.25) is 5.91 Å². The van der Waals surface area contributed by atoms with Crippen molar-refractivity contribution in [3.63, 3.8) is 0 Å². The van der Waals surface area contributed by atoms with E-state index in [1.165, 1.54) is 5.56 Å². The number of nitrogens with one attached hydrogen (secondary N) is 2. The molecule has 7 heteroatoms. The van der Waals surface area contributed by atoms with Crippen LogP contribution in [0.2, 0.25) is 0 Å². The Morgan fingerprint density at radius 3 is 2.69 bits per heavy atom. The monoisotopic (exact) mass is 434 g/mol. The molecule has 7 nitrogen and oxygen atoms in total. The van der Waals surface area contributed by atoms with Gasteiger partial charge in [0.15, 0.2) is 0 Å². The number of anilines is 1. The van der Waals surface area contributed by atoms with Crippen LogP contribution in [0.5, 0.6) is 0 Å². The SMILES string of the molecule is O=C(O)C[C@H](NC1[C@H]2CN(C(=O)CCc3ccc4c(n3)NCCC4)C[C@@H]12)c1ccccc1. The summed E-state index contributed by atoms with van der Waals surface area (Å²) in [5.74, 6) is 1.20. The number of rotatable bonds is 8. The molecule has 5 rings (SSSR count). The number of hydrogen-bond donors (Lipinski definition) is 3. The van der Waals surface area contributed by atoms with Gasteiger partial charge in [0.25, 0.3) is 0 Å². The number of nitrogens with zero attached hydrogens (tertiary/aromatic N) is 2. The standard InChI is InChI=1S/C25H30N4O3/c30-22(11-10-18-9-8-17-7-4-12-26-25(17)27-18)29-14-19-20(15-29)24(19)28-21(13-23(31)32)16-5-2-1-3-6-16/h1-3,5-6,8-9,19-21,24,28H,4,7,10-15H2,(H,26,27)(H,31,32)/t19-,20+,21-,24?/m0/s1. The Labute approximate surface area is 188 Å². The average Bonchev–Trinajstić information content (AvgIpc) is 3.24. The number of likely N-dealkylation sites (tertiary alicyclic amines) is 1. The lowest BCUT2D eigenvalue weighted by atomic mass is 10.0. The maximum Gasteiger partial charge on any atom is 0.305 e. The van der Waals surface area contributed by atoms with Crippen molar-refractivity contribution < 1.29 is 14.7 Å². The quantitative estimate of drug-likeness (QED) is 0.591. The van der Waals surface area contributed by atoms with Crippen LogP contribution in [0.4, 0.5) is 5.82 Å². The van der Waals surface area contributed by atoms with Gasteiger partial charge in [-0.25, -0.2) is 4.98 Å². The van der Waals surface area contributed by atoms with Gasteiger partial charge >= 0.3 is 5.97 Å². The van der Waals surface area contributed by atoms with Crippen LogP contribution in [0.25, 0.3) is 0 Å². The van der Waals surface area contributed by atoms with E-state index in [9.17, 15) is 14.7 Å². The fourth-order valence-electron chi connectivity index (χ4n) is 5.24. The number of aliphatic carboxylic acids is 1. The van der Waals surface area contributed by atoms with E-state index >= 15 is 0 Å². The highest BCUT2D eigenvalue weighted by Crippen LogP contribution is 2.47. The van der Waals surface area contributed by atoms with Crippen molar-refractivity contribution in [1.29, 1.82) is 0 Å². The molecule has 3 aliphatic rings. The zero-order chi connectivity index (χ0) is 22.1. The molecule has 1 aromatic heterocycles. The summed E-state index contributed by atoms with van der Waals surface area (Å²) in [5, 5.41) is 16.2. The molecule has 168 valence electrons. The zero-order valence-corrected chi connectivity index (χ0v) is 18.2. The van der Waals surface area contributed by atoms with Crippen LogP contribution < -0.4 is 10.6 Å².